The molecule has 544 valence electrons. The van der Waals surface area contributed by atoms with E-state index >= 15 is 4.39 Å². The summed E-state index contributed by atoms with van der Waals surface area (Å²) in [5.74, 6) is -11.6. The molecule has 32 heteroatoms. The Morgan fingerprint density at radius 2 is 1.30 bits per heavy atom. The number of aromatic nitrogens is 1. The number of alkyl halides is 1. The molecule has 0 aliphatic rings. The molecule has 28 nitrogen and oxygen atoms in total. The van der Waals surface area contributed by atoms with Gasteiger partial charge in [0, 0.05) is 81.9 Å². The fourth-order valence-corrected chi connectivity index (χ4v) is 14.5. The second-order valence-electron chi connectivity index (χ2n) is 24.5. The van der Waals surface area contributed by atoms with E-state index in [1.165, 1.54) is 25.8 Å². The number of hydrogen-bond acceptors (Lipinski definition) is 16. The molecule has 0 spiro atoms. The summed E-state index contributed by atoms with van der Waals surface area (Å²) in [6, 6.07) is 4.85. The summed E-state index contributed by atoms with van der Waals surface area (Å²) in [6.45, 7) is 12.8. The number of carbonyl (C=O) groups is 11. The largest absolute Gasteiger partial charge is 0.813 e. The van der Waals surface area contributed by atoms with Gasteiger partial charge in [0.2, 0.25) is 53.2 Å². The van der Waals surface area contributed by atoms with E-state index in [-0.39, 0.29) is 75.9 Å². The van der Waals surface area contributed by atoms with Crippen molar-refractivity contribution in [3.05, 3.63) is 83.7 Å². The smallest absolute Gasteiger partial charge is 0.326 e. The second-order valence-corrected chi connectivity index (χ2v) is 29.1. The molecule has 0 unspecified atom stereocenters. The topological polar surface area (TPSA) is 395 Å². The maximum Gasteiger partial charge on any atom is 0.326 e. The van der Waals surface area contributed by atoms with E-state index in [0.29, 0.717) is 45.1 Å². The summed E-state index contributed by atoms with van der Waals surface area (Å²) < 4.78 is 55.2. The lowest BCUT2D eigenvalue weighted by molar-refractivity contribution is -0.343. The van der Waals surface area contributed by atoms with Crippen molar-refractivity contribution >= 4 is 80.3 Å². The second kappa shape index (κ2) is 44.1. The average molecular weight is 1510 g/mol. The molecule has 11 N–H and O–H groups in total. The number of amides is 9. The van der Waals surface area contributed by atoms with Gasteiger partial charge in [0.15, 0.2) is 15.2 Å². The maximum absolute atomic E-state index is 15.5. The van der Waals surface area contributed by atoms with Crippen LogP contribution in [0.15, 0.2) is 60.8 Å². The minimum Gasteiger partial charge on any atom is -0.813 e. The van der Waals surface area contributed by atoms with Crippen LogP contribution in [0.3, 0.4) is 0 Å². The number of carboxylic acids is 2. The number of aliphatic hydroxyl groups excluding tert-OH is 1. The van der Waals surface area contributed by atoms with Gasteiger partial charge >= 0.3 is 11.9 Å². The average Bonchev–Trinajstić information content (AvgIpc) is 1.62. The van der Waals surface area contributed by atoms with Crippen LogP contribution >= 0.6 is 0 Å². The number of primary amides is 1. The molecule has 9 amide bonds. The number of aliphatic hydroxyl groups is 1. The van der Waals surface area contributed by atoms with Crippen molar-refractivity contribution in [1.29, 1.82) is 0 Å². The summed E-state index contributed by atoms with van der Waals surface area (Å²) >= 11 is 2.58. The molecule has 1 aromatic heterocycles. The van der Waals surface area contributed by atoms with Crippen LogP contribution in [0.2, 0.25) is 4.28 Å². The van der Waals surface area contributed by atoms with Crippen molar-refractivity contribution in [3.8, 4) is 11.1 Å². The van der Waals surface area contributed by atoms with E-state index in [9.17, 15) is 67.3 Å². The van der Waals surface area contributed by atoms with E-state index in [4.69, 9.17) is 29.8 Å². The lowest BCUT2D eigenvalue weighted by Gasteiger charge is -2.41. The number of nitrogens with zero attached hydrogens (tertiary/aromatic N) is 3. The Bertz CT molecular complexity index is 3100. The number of carbonyl (C=O) groups excluding carboxylic acids is 9. The van der Waals surface area contributed by atoms with E-state index < -0.39 is 164 Å². The molecule has 0 aliphatic heterocycles. The van der Waals surface area contributed by atoms with Crippen LogP contribution < -0.4 is 60.2 Å². The zero-order chi connectivity index (χ0) is 73.1. The van der Waals surface area contributed by atoms with E-state index in [1.54, 1.807) is 55.8 Å². The monoisotopic (exact) mass is 1510 g/mol. The first-order chi connectivity index (χ1) is 46.4. The van der Waals surface area contributed by atoms with Crippen LogP contribution in [0.5, 0.6) is 0 Å². The molecule has 2 radical (unpaired) electrons. The van der Waals surface area contributed by atoms with Crippen molar-refractivity contribution in [1.82, 2.24) is 46.3 Å². The molecule has 0 saturated carbocycles. The summed E-state index contributed by atoms with van der Waals surface area (Å²) in [5, 5.41) is 44.2. The predicted octanol–water partition coefficient (Wildman–Crippen LogP) is -0.927. The summed E-state index contributed by atoms with van der Waals surface area (Å²) in [6.07, 6.45) is 1.00. The minimum atomic E-state index is -1.83. The van der Waals surface area contributed by atoms with Crippen molar-refractivity contribution < 1.29 is 118 Å². The molecular weight excluding hydrogens is 1410 g/mol. The number of nitrogens with two attached hydrogens (primary N) is 1. The first-order valence-electron chi connectivity index (χ1n) is 32.5. The van der Waals surface area contributed by atoms with Crippen LogP contribution in [0.4, 0.5) is 8.78 Å². The number of hydrogen-bond donors (Lipinski definition) is 10. The number of aliphatic carboxylic acids is 2. The predicted molar refractivity (Wildman–Crippen MR) is 352 cm³/mol. The molecular formula is C66H97AlF2IN10O18-. The SMILES string of the molecule is CC[C](CC)(CC(=O)NCCOCCOCCOCCOCCC(=O)N[C@@H](C)C(=O)N(C)[C@@H](C)C(=O)N[C@@H](CC(N)=O)C(=O)N[C@@H](CCN(C(=O)CO)[C@@H](c1cc(-c2cc(F)ccc2F)cn1Cc1ccccc1)C(C)(C)C)C(=O)NCCC(=O)N[C@H](CCC(=O)O)C(=O)O)[Al][CH2][I-]. The fourth-order valence-electron chi connectivity index (χ4n) is 10.5. The summed E-state index contributed by atoms with van der Waals surface area (Å²) in [4.78, 5) is 146. The number of rotatable bonds is 48. The number of ether oxygens (including phenoxy) is 4. The Hall–Kier alpha value is -7.19. The zero-order valence-electron chi connectivity index (χ0n) is 57.1. The Morgan fingerprint density at radius 1 is 0.694 bits per heavy atom. The molecule has 6 atom stereocenters. The lowest BCUT2D eigenvalue weighted by atomic mass is 9.82. The Kier molecular flexibility index (Phi) is 38.2. The Morgan fingerprint density at radius 3 is 1.87 bits per heavy atom. The van der Waals surface area contributed by atoms with Crippen molar-refractivity contribution in [2.75, 3.05) is 89.4 Å². The highest BCUT2D eigenvalue weighted by molar-refractivity contribution is 6.40. The van der Waals surface area contributed by atoms with Gasteiger partial charge in [-0.15, -0.1) is 0 Å². The van der Waals surface area contributed by atoms with Crippen molar-refractivity contribution in [2.24, 2.45) is 11.1 Å². The van der Waals surface area contributed by atoms with Gasteiger partial charge < -0.3 is 109 Å². The van der Waals surface area contributed by atoms with Crippen molar-refractivity contribution in [3.63, 3.8) is 0 Å². The molecule has 1 heterocycles. The highest BCUT2D eigenvalue weighted by Crippen LogP contribution is 2.42. The van der Waals surface area contributed by atoms with Gasteiger partial charge in [0.25, 0.3) is 0 Å². The van der Waals surface area contributed by atoms with Gasteiger partial charge in [0.1, 0.15) is 48.5 Å². The Labute approximate surface area is 590 Å². The van der Waals surface area contributed by atoms with Crippen molar-refractivity contribution in [2.45, 2.75) is 153 Å². The number of nitrogens with one attached hydrogen (secondary N) is 6. The van der Waals surface area contributed by atoms with E-state index in [2.05, 4.69) is 68.3 Å². The van der Waals surface area contributed by atoms with Gasteiger partial charge in [-0.3, -0.25) is 47.9 Å². The number of carboxylic acid groups (broad SMARTS) is 2. The van der Waals surface area contributed by atoms with Gasteiger partial charge in [0.05, 0.1) is 65.3 Å². The Balaban J connectivity index is 1.71. The highest BCUT2D eigenvalue weighted by Gasteiger charge is 2.39. The minimum absolute atomic E-state index is 0.0180. The van der Waals surface area contributed by atoms with Crippen LogP contribution in [0.1, 0.15) is 124 Å². The first-order valence-corrected chi connectivity index (χ1v) is 35.4. The maximum atomic E-state index is 15.5. The fraction of sp³-hybridized carbons (Fsp3) is 0.591. The van der Waals surface area contributed by atoms with Gasteiger partial charge in [-0.1, -0.05) is 82.1 Å². The molecule has 0 bridgehead atoms. The summed E-state index contributed by atoms with van der Waals surface area (Å²) in [5.41, 5.74) is 5.90. The molecule has 3 rings (SSSR count). The first kappa shape index (κ1) is 85.0. The third-order valence-corrected chi connectivity index (χ3v) is 19.5. The third kappa shape index (κ3) is 30.1. The number of halogens is 3. The molecule has 0 aliphatic carbocycles. The number of benzene rings is 2. The molecule has 3 aromatic rings. The molecule has 2 aromatic carbocycles. The highest BCUT2D eigenvalue weighted by atomic mass is 127. The molecule has 0 fully saturated rings. The van der Waals surface area contributed by atoms with Crippen LogP contribution in [-0.2, 0) is 78.2 Å². The van der Waals surface area contributed by atoms with E-state index in [1.807, 2.05) is 12.1 Å². The van der Waals surface area contributed by atoms with Gasteiger partial charge in [-0.2, -0.15) is 0 Å². The van der Waals surface area contributed by atoms with E-state index in [0.717, 1.165) is 44.8 Å². The number of likely N-dealkylation sites (N-methyl/N-ethyl adjacent to an activating group) is 1. The lowest BCUT2D eigenvalue weighted by Crippen LogP contribution is -3.36. The zero-order valence-corrected chi connectivity index (χ0v) is 60.4. The molecule has 98 heavy (non-hydrogen) atoms. The molecule has 0 saturated heterocycles. The van der Waals surface area contributed by atoms with Crippen LogP contribution in [-0.4, -0.2) is 230 Å². The van der Waals surface area contributed by atoms with Crippen LogP contribution in [0.25, 0.3) is 11.1 Å². The normalized spacial score (nSPS) is 13.3. The van der Waals surface area contributed by atoms with Crippen LogP contribution in [0, 0.1) is 17.0 Å². The quantitative estimate of drug-likeness (QED) is 0.0141. The standard InChI is InChI=1S/C65H95F2N10O18.CH2I.Al/c1-9-43(10-2)34-56(82)69-24-27-93-29-31-95-33-32-94-30-28-92-26-22-55(81)71-41(3)63(89)75(8)42(4)60(86)74-51(37-53(68)79)62(88)73-49(61(87)70-23-20-54(80)72-50(64(90)91)18-19-58(84)85)21-25-77(57(83)40-78)59(65(5,6)7)52-35-45(47-36-46(66)16-17-48(47)67)39-76(52)38-44-14-12-11-13-15-44;1-2;/h11-17,35-36,39,41-42,49-51,59,78H,9-10,18-34,37-38,40H2,1-8H3,(H2,68,79)(H,69,82)(H,70,87)(H,71,81)(H,72,80)(H,73,88)(H,74,86)(H,84,85)(H,90,91);1H2;/q;-1;/t41-,42-,49-,50+,51-,59-;;/m0../s1. The van der Waals surface area contributed by atoms with Gasteiger partial charge in [-0.25, -0.2) is 16.9 Å². The van der Waals surface area contributed by atoms with Gasteiger partial charge in [-0.05, 0) is 61.9 Å². The summed E-state index contributed by atoms with van der Waals surface area (Å²) in [7, 11) is 1.25. The third-order valence-electron chi connectivity index (χ3n) is 16.1.